The van der Waals surface area contributed by atoms with E-state index in [2.05, 4.69) is 37.2 Å². The summed E-state index contributed by atoms with van der Waals surface area (Å²) in [6.45, 7) is 5.20. The quantitative estimate of drug-likeness (QED) is 0.784. The van der Waals surface area contributed by atoms with Crippen LogP contribution in [0.25, 0.3) is 0 Å². The van der Waals surface area contributed by atoms with Crippen molar-refractivity contribution in [2.45, 2.75) is 32.7 Å². The molecule has 1 aliphatic heterocycles. The summed E-state index contributed by atoms with van der Waals surface area (Å²) in [5, 5.41) is 2.95. The number of thiophene rings is 1. The van der Waals surface area contributed by atoms with Crippen LogP contribution in [0.15, 0.2) is 14.3 Å². The average molecular weight is 438 g/mol. The Hall–Kier alpha value is -0.400. The number of halogens is 2. The molecule has 1 aromatic rings. The normalized spacial score (nSPS) is 16.3. The molecule has 0 radical (unpaired) electrons. The third-order valence-corrected chi connectivity index (χ3v) is 6.68. The number of nitrogens with one attached hydrogen (secondary N) is 1. The Bertz CT molecular complexity index is 518. The van der Waals surface area contributed by atoms with Crippen LogP contribution in [0.3, 0.4) is 0 Å². The van der Waals surface area contributed by atoms with Crippen LogP contribution in [0.5, 0.6) is 0 Å². The molecule has 7 heteroatoms. The van der Waals surface area contributed by atoms with Gasteiger partial charge in [0.2, 0.25) is 5.91 Å². The lowest BCUT2D eigenvalue weighted by atomic mass is 9.95. The minimum atomic E-state index is 0.0262. The van der Waals surface area contributed by atoms with Crippen molar-refractivity contribution in [2.75, 3.05) is 13.1 Å². The fraction of sp³-hybridized carbons (Fsp3) is 0.571. The van der Waals surface area contributed by atoms with Crippen LogP contribution in [0.1, 0.15) is 36.4 Å². The van der Waals surface area contributed by atoms with Crippen molar-refractivity contribution >= 4 is 55.0 Å². The standard InChI is InChI=1S/C14H18Br2N2O2S/c1-8(2)17-13(19)9-3-5-18(6-4-9)14(20)11-7-10(15)12(16)21-11/h7-9H,3-6H2,1-2H3,(H,17,19). The highest BCUT2D eigenvalue weighted by Crippen LogP contribution is 2.33. The third-order valence-electron chi connectivity index (χ3n) is 3.44. The number of carbonyl (C=O) groups excluding carboxylic acids is 2. The predicted octanol–water partition coefficient (Wildman–Crippen LogP) is 3.65. The van der Waals surface area contributed by atoms with Crippen LogP contribution in [0.4, 0.5) is 0 Å². The number of hydrogen-bond acceptors (Lipinski definition) is 3. The molecular formula is C14H18Br2N2O2S. The third kappa shape index (κ3) is 4.29. The second-order valence-electron chi connectivity index (χ2n) is 5.46. The van der Waals surface area contributed by atoms with E-state index in [1.807, 2.05) is 24.8 Å². The van der Waals surface area contributed by atoms with E-state index in [9.17, 15) is 9.59 Å². The van der Waals surface area contributed by atoms with Crippen LogP contribution >= 0.6 is 43.2 Å². The number of piperidine rings is 1. The van der Waals surface area contributed by atoms with Crippen LogP contribution in [-0.2, 0) is 4.79 Å². The number of hydrogen-bond donors (Lipinski definition) is 1. The minimum absolute atomic E-state index is 0.0262. The molecule has 1 saturated heterocycles. The molecule has 0 bridgehead atoms. The van der Waals surface area contributed by atoms with Crippen LogP contribution < -0.4 is 5.32 Å². The van der Waals surface area contributed by atoms with Gasteiger partial charge < -0.3 is 10.2 Å². The Morgan fingerprint density at radius 2 is 1.95 bits per heavy atom. The summed E-state index contributed by atoms with van der Waals surface area (Å²) >= 11 is 8.24. The lowest BCUT2D eigenvalue weighted by Crippen LogP contribution is -2.44. The lowest BCUT2D eigenvalue weighted by molar-refractivity contribution is -0.126. The van der Waals surface area contributed by atoms with Crippen molar-refractivity contribution in [1.82, 2.24) is 10.2 Å². The first-order valence-electron chi connectivity index (χ1n) is 6.93. The van der Waals surface area contributed by atoms with Gasteiger partial charge in [0.05, 0.1) is 8.66 Å². The predicted molar refractivity (Wildman–Crippen MR) is 91.6 cm³/mol. The maximum Gasteiger partial charge on any atom is 0.264 e. The van der Waals surface area contributed by atoms with E-state index in [0.29, 0.717) is 13.1 Å². The van der Waals surface area contributed by atoms with E-state index >= 15 is 0 Å². The fourth-order valence-corrected chi connectivity index (χ4v) is 4.36. The molecule has 0 aliphatic carbocycles. The first-order chi connectivity index (χ1) is 9.88. The second-order valence-corrected chi connectivity index (χ2v) is 8.69. The first kappa shape index (κ1) is 17.0. The molecule has 1 aromatic heterocycles. The van der Waals surface area contributed by atoms with Gasteiger partial charge in [-0.25, -0.2) is 0 Å². The van der Waals surface area contributed by atoms with Crippen molar-refractivity contribution in [3.05, 3.63) is 19.2 Å². The molecular weight excluding hydrogens is 420 g/mol. The Balaban J connectivity index is 1.91. The summed E-state index contributed by atoms with van der Waals surface area (Å²) in [4.78, 5) is 27.0. The van der Waals surface area contributed by atoms with Gasteiger partial charge in [-0.05, 0) is 64.6 Å². The molecule has 0 atom stereocenters. The Kier molecular flexibility index (Phi) is 5.85. The number of likely N-dealkylation sites (tertiary alicyclic amines) is 1. The van der Waals surface area contributed by atoms with E-state index < -0.39 is 0 Å². The van der Waals surface area contributed by atoms with Gasteiger partial charge in [-0.1, -0.05) is 0 Å². The molecule has 0 spiro atoms. The number of rotatable bonds is 3. The number of amides is 2. The lowest BCUT2D eigenvalue weighted by Gasteiger charge is -2.31. The molecule has 1 N–H and O–H groups in total. The fourth-order valence-electron chi connectivity index (χ4n) is 2.35. The largest absolute Gasteiger partial charge is 0.354 e. The molecule has 2 heterocycles. The van der Waals surface area contributed by atoms with Gasteiger partial charge in [-0.3, -0.25) is 9.59 Å². The van der Waals surface area contributed by atoms with Crippen molar-refractivity contribution in [1.29, 1.82) is 0 Å². The van der Waals surface area contributed by atoms with E-state index in [1.54, 1.807) is 0 Å². The molecule has 0 aromatic carbocycles. The molecule has 4 nitrogen and oxygen atoms in total. The summed E-state index contributed by atoms with van der Waals surface area (Å²) in [5.41, 5.74) is 0. The topological polar surface area (TPSA) is 49.4 Å². The molecule has 21 heavy (non-hydrogen) atoms. The Morgan fingerprint density at radius 3 is 2.43 bits per heavy atom. The van der Waals surface area contributed by atoms with E-state index in [1.165, 1.54) is 11.3 Å². The van der Waals surface area contributed by atoms with Crippen molar-refractivity contribution < 1.29 is 9.59 Å². The molecule has 2 rings (SSSR count). The Labute approximate surface area is 145 Å². The molecule has 116 valence electrons. The van der Waals surface area contributed by atoms with Crippen LogP contribution in [-0.4, -0.2) is 35.8 Å². The van der Waals surface area contributed by atoms with E-state index in [0.717, 1.165) is 26.0 Å². The van der Waals surface area contributed by atoms with Crippen LogP contribution in [0.2, 0.25) is 0 Å². The minimum Gasteiger partial charge on any atom is -0.354 e. The Morgan fingerprint density at radius 1 is 1.33 bits per heavy atom. The monoisotopic (exact) mass is 436 g/mol. The van der Waals surface area contributed by atoms with Gasteiger partial charge >= 0.3 is 0 Å². The highest BCUT2D eigenvalue weighted by atomic mass is 79.9. The zero-order valence-electron chi connectivity index (χ0n) is 12.0. The van der Waals surface area contributed by atoms with Gasteiger partial charge in [0.25, 0.3) is 5.91 Å². The maximum atomic E-state index is 12.4. The molecule has 0 unspecified atom stereocenters. The van der Waals surface area contributed by atoms with E-state index in [4.69, 9.17) is 0 Å². The van der Waals surface area contributed by atoms with Gasteiger partial charge in [-0.15, -0.1) is 11.3 Å². The number of carbonyl (C=O) groups is 2. The summed E-state index contributed by atoms with van der Waals surface area (Å²) in [5.74, 6) is 0.186. The van der Waals surface area contributed by atoms with Crippen molar-refractivity contribution in [2.24, 2.45) is 5.92 Å². The SMILES string of the molecule is CC(C)NC(=O)C1CCN(C(=O)c2cc(Br)c(Br)s2)CC1. The smallest absolute Gasteiger partial charge is 0.264 e. The van der Waals surface area contributed by atoms with Crippen molar-refractivity contribution in [3.8, 4) is 0 Å². The van der Waals surface area contributed by atoms with Gasteiger partial charge in [-0.2, -0.15) is 0 Å². The molecule has 1 fully saturated rings. The summed E-state index contributed by atoms with van der Waals surface area (Å²) < 4.78 is 1.83. The van der Waals surface area contributed by atoms with E-state index in [-0.39, 0.29) is 23.8 Å². The van der Waals surface area contributed by atoms with Gasteiger partial charge in [0, 0.05) is 29.5 Å². The molecule has 1 aliphatic rings. The summed E-state index contributed by atoms with van der Waals surface area (Å²) in [6.07, 6.45) is 1.47. The highest BCUT2D eigenvalue weighted by molar-refractivity contribution is 9.13. The van der Waals surface area contributed by atoms with Gasteiger partial charge in [0.1, 0.15) is 0 Å². The van der Waals surface area contributed by atoms with Gasteiger partial charge in [0.15, 0.2) is 0 Å². The zero-order chi connectivity index (χ0) is 15.6. The molecule has 0 saturated carbocycles. The second kappa shape index (κ2) is 7.24. The van der Waals surface area contributed by atoms with Crippen LogP contribution in [0, 0.1) is 5.92 Å². The zero-order valence-corrected chi connectivity index (χ0v) is 16.0. The number of nitrogens with zero attached hydrogens (tertiary/aromatic N) is 1. The summed E-state index contributed by atoms with van der Waals surface area (Å²) in [7, 11) is 0. The average Bonchev–Trinajstić information content (AvgIpc) is 2.77. The maximum absolute atomic E-state index is 12.4. The van der Waals surface area contributed by atoms with Crippen molar-refractivity contribution in [3.63, 3.8) is 0 Å². The first-order valence-corrected chi connectivity index (χ1v) is 9.33. The summed E-state index contributed by atoms with van der Waals surface area (Å²) in [6, 6.07) is 2.01. The molecule has 2 amide bonds. The highest BCUT2D eigenvalue weighted by Gasteiger charge is 2.28.